The molecular formula is C18H35O3V-3. The minimum Gasteiger partial charge on any atom is -2.00 e. The number of hydrogen-bond acceptors (Lipinski definition) is 2. The van der Waals surface area contributed by atoms with Crippen LogP contribution < -0.4 is 5.11 Å². The van der Waals surface area contributed by atoms with Gasteiger partial charge in [-0.2, -0.15) is 0 Å². The Morgan fingerprint density at radius 3 is 1.18 bits per heavy atom. The topological polar surface area (TPSA) is 68.6 Å². The van der Waals surface area contributed by atoms with Crippen LogP contribution in [-0.2, 0) is 28.8 Å². The molecule has 0 heterocycles. The molecule has 0 aliphatic heterocycles. The van der Waals surface area contributed by atoms with Gasteiger partial charge in [-0.05, 0) is 12.8 Å². The van der Waals surface area contributed by atoms with Crippen LogP contribution in [0.2, 0.25) is 0 Å². The molecule has 0 saturated heterocycles. The number of aliphatic carboxylic acids is 1. The van der Waals surface area contributed by atoms with Crippen molar-refractivity contribution in [3.8, 4) is 0 Å². The van der Waals surface area contributed by atoms with Gasteiger partial charge < -0.3 is 15.4 Å². The van der Waals surface area contributed by atoms with Gasteiger partial charge in [-0.15, -0.1) is 0 Å². The van der Waals surface area contributed by atoms with Crippen molar-refractivity contribution in [1.29, 1.82) is 0 Å². The summed E-state index contributed by atoms with van der Waals surface area (Å²) in [6, 6.07) is 0. The number of hydrogen-bond donors (Lipinski definition) is 0. The van der Waals surface area contributed by atoms with E-state index in [2.05, 4.69) is 6.92 Å². The van der Waals surface area contributed by atoms with E-state index in [1.54, 1.807) is 0 Å². The Morgan fingerprint density at radius 2 is 0.909 bits per heavy atom. The largest absolute Gasteiger partial charge is 2.00 e. The van der Waals surface area contributed by atoms with Gasteiger partial charge in [0.15, 0.2) is 0 Å². The molecule has 3 nitrogen and oxygen atoms in total. The molecule has 0 aromatic rings. The van der Waals surface area contributed by atoms with Crippen LogP contribution in [0.1, 0.15) is 110 Å². The molecular weight excluding hydrogens is 315 g/mol. The smallest absolute Gasteiger partial charge is 0.0414 e. The van der Waals surface area contributed by atoms with Crippen molar-refractivity contribution in [2.24, 2.45) is 0 Å². The third-order valence-corrected chi connectivity index (χ3v) is 3.98. The standard InChI is InChI=1S/C18H36O2.O.V/c1-2-3-4-5-6-7-8-9-10-11-12-13-14-15-16-17-18(19)20;;/h2-17H2,1H3,(H,19,20);;/q;-2;/p-1. The van der Waals surface area contributed by atoms with Gasteiger partial charge in [0.25, 0.3) is 0 Å². The Bertz CT molecular complexity index is 211. The first-order chi connectivity index (χ1) is 9.77. The van der Waals surface area contributed by atoms with Crippen molar-refractivity contribution < 1.29 is 33.9 Å². The van der Waals surface area contributed by atoms with E-state index in [1.165, 1.54) is 83.5 Å². The zero-order valence-corrected chi connectivity index (χ0v) is 15.9. The van der Waals surface area contributed by atoms with E-state index in [-0.39, 0.29) is 30.5 Å². The van der Waals surface area contributed by atoms with Crippen LogP contribution in [-0.4, -0.2) is 5.97 Å². The molecule has 0 N–H and O–H groups in total. The third kappa shape index (κ3) is 25.0. The first-order valence-electron chi connectivity index (χ1n) is 8.97. The van der Waals surface area contributed by atoms with Gasteiger partial charge in [-0.25, -0.2) is 0 Å². The van der Waals surface area contributed by atoms with Crippen molar-refractivity contribution in [1.82, 2.24) is 0 Å². The van der Waals surface area contributed by atoms with Crippen molar-refractivity contribution >= 4 is 5.97 Å². The molecule has 0 amide bonds. The maximum atomic E-state index is 10.2. The summed E-state index contributed by atoms with van der Waals surface area (Å²) in [5.74, 6) is -0.903. The van der Waals surface area contributed by atoms with E-state index in [9.17, 15) is 9.90 Å². The summed E-state index contributed by atoms with van der Waals surface area (Å²) >= 11 is 0. The maximum Gasteiger partial charge on any atom is 0.0414 e. The molecule has 22 heavy (non-hydrogen) atoms. The molecule has 0 fully saturated rings. The fraction of sp³-hybridized carbons (Fsp3) is 0.944. The molecule has 4 heteroatoms. The summed E-state index contributed by atoms with van der Waals surface area (Å²) in [7, 11) is 0. The number of carboxylic acids is 1. The summed E-state index contributed by atoms with van der Waals surface area (Å²) in [5.41, 5.74) is 0. The number of rotatable bonds is 16. The van der Waals surface area contributed by atoms with E-state index < -0.39 is 5.97 Å². The molecule has 1 radical (unpaired) electrons. The van der Waals surface area contributed by atoms with Crippen LogP contribution in [0.25, 0.3) is 0 Å². The maximum absolute atomic E-state index is 10.2. The van der Waals surface area contributed by atoms with Crippen molar-refractivity contribution in [2.75, 3.05) is 0 Å². The summed E-state index contributed by atoms with van der Waals surface area (Å²) in [4.78, 5) is 10.2. The van der Waals surface area contributed by atoms with Crippen molar-refractivity contribution in [2.45, 2.75) is 110 Å². The monoisotopic (exact) mass is 350 g/mol. The fourth-order valence-corrected chi connectivity index (χ4v) is 2.64. The van der Waals surface area contributed by atoms with Crippen LogP contribution >= 0.6 is 0 Å². The average Bonchev–Trinajstić information content (AvgIpc) is 2.43. The van der Waals surface area contributed by atoms with Gasteiger partial charge in [-0.1, -0.05) is 96.8 Å². The summed E-state index contributed by atoms with van der Waals surface area (Å²) in [6.07, 6.45) is 19.9. The Balaban J connectivity index is -0.00000180. The molecule has 0 aromatic carbocycles. The van der Waals surface area contributed by atoms with E-state index in [0.29, 0.717) is 0 Å². The zero-order chi connectivity index (χ0) is 14.9. The predicted octanol–water partition coefficient (Wildman–Crippen LogP) is 4.88. The van der Waals surface area contributed by atoms with Gasteiger partial charge in [0.2, 0.25) is 0 Å². The van der Waals surface area contributed by atoms with Crippen molar-refractivity contribution in [3.63, 3.8) is 0 Å². The molecule has 0 aliphatic carbocycles. The second-order valence-corrected chi connectivity index (χ2v) is 6.07. The molecule has 0 saturated carbocycles. The summed E-state index contributed by atoms with van der Waals surface area (Å²) in [5, 5.41) is 10.2. The Morgan fingerprint density at radius 1 is 0.636 bits per heavy atom. The second kappa shape index (κ2) is 23.3. The SMILES string of the molecule is CCCCCCCCCCCCCCCCCC(=O)[O-].[O-2].[V]. The molecule has 0 bridgehead atoms. The minimum atomic E-state index is -0.903. The molecule has 0 rings (SSSR count). The normalized spacial score (nSPS) is 9.86. The molecule has 133 valence electrons. The van der Waals surface area contributed by atoms with Crippen LogP contribution in [0.15, 0.2) is 0 Å². The quantitative estimate of drug-likeness (QED) is 0.372. The molecule has 0 unspecified atom stereocenters. The predicted molar refractivity (Wildman–Crippen MR) is 85.2 cm³/mol. The van der Waals surface area contributed by atoms with Gasteiger partial charge in [-0.3, -0.25) is 0 Å². The van der Waals surface area contributed by atoms with Crippen LogP contribution in [0, 0.1) is 0 Å². The minimum absolute atomic E-state index is 0. The van der Waals surface area contributed by atoms with Crippen molar-refractivity contribution in [3.05, 3.63) is 0 Å². The Hall–Kier alpha value is 0.0144. The van der Waals surface area contributed by atoms with Crippen LogP contribution in [0.3, 0.4) is 0 Å². The second-order valence-electron chi connectivity index (χ2n) is 6.07. The third-order valence-electron chi connectivity index (χ3n) is 3.98. The first-order valence-corrected chi connectivity index (χ1v) is 8.97. The Labute approximate surface area is 149 Å². The molecule has 0 spiro atoms. The average molecular weight is 350 g/mol. The van der Waals surface area contributed by atoms with E-state index in [0.717, 1.165) is 12.8 Å². The molecule has 0 aromatic heterocycles. The number of unbranched alkanes of at least 4 members (excludes halogenated alkanes) is 14. The number of carboxylic acid groups (broad SMARTS) is 1. The van der Waals surface area contributed by atoms with E-state index >= 15 is 0 Å². The first kappa shape index (κ1) is 26.9. The number of carbonyl (C=O) groups excluding carboxylic acids is 1. The zero-order valence-electron chi connectivity index (χ0n) is 14.5. The number of carbonyl (C=O) groups is 1. The fourth-order valence-electron chi connectivity index (χ4n) is 2.64. The van der Waals surface area contributed by atoms with E-state index in [1.807, 2.05) is 0 Å². The van der Waals surface area contributed by atoms with Gasteiger partial charge in [0.05, 0.1) is 0 Å². The summed E-state index contributed by atoms with van der Waals surface area (Å²) in [6.45, 7) is 2.27. The van der Waals surface area contributed by atoms with Gasteiger partial charge in [0, 0.05) is 24.5 Å². The van der Waals surface area contributed by atoms with Gasteiger partial charge >= 0.3 is 0 Å². The summed E-state index contributed by atoms with van der Waals surface area (Å²) < 4.78 is 0. The van der Waals surface area contributed by atoms with E-state index in [4.69, 9.17) is 0 Å². The Kier molecular flexibility index (Phi) is 28.5. The molecule has 0 atom stereocenters. The van der Waals surface area contributed by atoms with Crippen LogP contribution in [0.5, 0.6) is 0 Å². The van der Waals surface area contributed by atoms with Crippen LogP contribution in [0.4, 0.5) is 0 Å². The molecule has 0 aliphatic rings. The van der Waals surface area contributed by atoms with Gasteiger partial charge in [0.1, 0.15) is 0 Å².